The Kier molecular flexibility index (Phi) is 12.9. The first-order valence-corrected chi connectivity index (χ1v) is 17.8. The second-order valence-electron chi connectivity index (χ2n) is 13.9. The van der Waals surface area contributed by atoms with Gasteiger partial charge < -0.3 is 24.8 Å². The van der Waals surface area contributed by atoms with Crippen molar-refractivity contribution in [3.63, 3.8) is 0 Å². The third-order valence-corrected chi connectivity index (χ3v) is 12.8. The van der Waals surface area contributed by atoms with Gasteiger partial charge in [-0.1, -0.05) is 114 Å². The fraction of sp³-hybridized carbons (Fsp3) is 0.405. The van der Waals surface area contributed by atoms with Crippen molar-refractivity contribution >= 4 is 9.28 Å². The smallest absolute Gasteiger partial charge is 0.172 e. The van der Waals surface area contributed by atoms with Gasteiger partial charge in [-0.2, -0.15) is 29.3 Å². The van der Waals surface area contributed by atoms with Crippen LogP contribution >= 0.6 is 0 Å². The largest absolute Gasteiger partial charge is 0.214 e. The van der Waals surface area contributed by atoms with Crippen molar-refractivity contribution in [1.82, 2.24) is 0 Å². The second-order valence-corrected chi connectivity index (χ2v) is 14.9. The van der Waals surface area contributed by atoms with Crippen molar-refractivity contribution in [1.29, 1.82) is 0 Å². The summed E-state index contributed by atoms with van der Waals surface area (Å²) in [6.45, 7) is 20.2. The summed E-state index contributed by atoms with van der Waals surface area (Å²) in [5.41, 5.74) is 11.3. The summed E-state index contributed by atoms with van der Waals surface area (Å²) < 4.78 is 2.25. The van der Waals surface area contributed by atoms with Crippen LogP contribution in [0, 0.1) is 46.3 Å². The van der Waals surface area contributed by atoms with Crippen LogP contribution in [0.4, 0.5) is 0 Å². The number of hydrogen-bond acceptors (Lipinski definition) is 0. The molecular formula is C42H50Cl2Zr-2. The van der Waals surface area contributed by atoms with Gasteiger partial charge in [0.25, 0.3) is 0 Å². The molecule has 3 aromatic carbocycles. The molecule has 0 nitrogen and oxygen atoms in total. The standard InChI is InChI=1S/C29H37.C8H8.C5H5.2ClH.Zr/c1-16-13-14-25-26-23-12-10-9-11-22(23)15-24(26)27-19(4)17(2)18(3)21(6)29(27,8)28(25,7)20(16)5;1-2-8-6-4-3-5-7-8;1-2-4-5-3-1;;;/h9-14,16-18,20-21H,15H2,1-8H3;1,3-7H,2H2;1-5H;2*1H;/q-1;;-1;;;+2/p-2. The van der Waals surface area contributed by atoms with Crippen LogP contribution in [0.2, 0.25) is 0 Å². The maximum absolute atomic E-state index is 2.63. The zero-order valence-electron chi connectivity index (χ0n) is 28.4. The van der Waals surface area contributed by atoms with E-state index in [0.29, 0.717) is 29.6 Å². The molecule has 1 saturated carbocycles. The van der Waals surface area contributed by atoms with E-state index in [1.807, 2.05) is 36.4 Å². The molecule has 0 bridgehead atoms. The molecule has 45 heavy (non-hydrogen) atoms. The minimum Gasteiger partial charge on any atom is -0.214 e. The summed E-state index contributed by atoms with van der Waals surface area (Å²) in [6.07, 6.45) is 7.24. The van der Waals surface area contributed by atoms with E-state index in [9.17, 15) is 0 Å². The molecule has 0 saturated heterocycles. The second kappa shape index (κ2) is 15.4. The topological polar surface area (TPSA) is 0 Å². The Labute approximate surface area is 301 Å². The van der Waals surface area contributed by atoms with Gasteiger partial charge in [-0.3, -0.25) is 0 Å². The Morgan fingerprint density at radius 1 is 0.844 bits per heavy atom. The van der Waals surface area contributed by atoms with Crippen molar-refractivity contribution < 1.29 is 49.0 Å². The van der Waals surface area contributed by atoms with Crippen LogP contribution in [0.1, 0.15) is 72.1 Å². The van der Waals surface area contributed by atoms with E-state index in [1.165, 1.54) is 40.9 Å². The number of fused-ring (bicyclic) bond motifs is 6. The predicted octanol–water partition coefficient (Wildman–Crippen LogP) is 4.67. The first-order valence-electron chi connectivity index (χ1n) is 16.4. The monoisotopic (exact) mass is 714 g/mol. The predicted molar refractivity (Wildman–Crippen MR) is 182 cm³/mol. The summed E-state index contributed by atoms with van der Waals surface area (Å²) >= 11 is 1.51. The molecule has 0 heterocycles. The van der Waals surface area contributed by atoms with E-state index in [-0.39, 0.29) is 35.6 Å². The molecule has 0 N–H and O–H groups in total. The summed E-state index contributed by atoms with van der Waals surface area (Å²) in [4.78, 5) is 0. The van der Waals surface area contributed by atoms with Gasteiger partial charge in [0.05, 0.1) is 0 Å². The van der Waals surface area contributed by atoms with Crippen LogP contribution < -0.4 is 24.8 Å². The summed E-state index contributed by atoms with van der Waals surface area (Å²) in [6, 6.07) is 29.7. The minimum atomic E-state index is 0. The summed E-state index contributed by atoms with van der Waals surface area (Å²) in [7, 11) is 0. The van der Waals surface area contributed by atoms with Gasteiger partial charge in [-0.05, 0) is 34.7 Å². The molecule has 0 aromatic heterocycles. The van der Waals surface area contributed by atoms with Gasteiger partial charge >= 0.3 is 70.3 Å². The zero-order valence-corrected chi connectivity index (χ0v) is 32.3. The van der Waals surface area contributed by atoms with Gasteiger partial charge in [0.2, 0.25) is 0 Å². The third-order valence-electron chi connectivity index (χ3n) is 12.3. The Morgan fingerprint density at radius 2 is 1.47 bits per heavy atom. The van der Waals surface area contributed by atoms with Crippen LogP contribution in [0.3, 0.4) is 0 Å². The average molecular weight is 717 g/mol. The number of halogens is 2. The van der Waals surface area contributed by atoms with Crippen molar-refractivity contribution in [2.45, 2.75) is 68.2 Å². The Balaban J connectivity index is 0.000000286. The molecule has 0 amide bonds. The van der Waals surface area contributed by atoms with E-state index in [4.69, 9.17) is 0 Å². The molecule has 1 fully saturated rings. The maximum atomic E-state index is 2.63. The average Bonchev–Trinajstić information content (AvgIpc) is 3.72. The molecule has 7 unspecified atom stereocenters. The fourth-order valence-electron chi connectivity index (χ4n) is 8.89. The van der Waals surface area contributed by atoms with Crippen LogP contribution in [0.5, 0.6) is 0 Å². The molecule has 7 atom stereocenters. The van der Waals surface area contributed by atoms with E-state index in [2.05, 4.69) is 120 Å². The van der Waals surface area contributed by atoms with Gasteiger partial charge in [-0.25, -0.2) is 18.1 Å². The molecular weight excluding hydrogens is 667 g/mol. The quantitative estimate of drug-likeness (QED) is 0.339. The molecule has 7 rings (SSSR count). The molecule has 0 radical (unpaired) electrons. The number of benzene rings is 2. The third kappa shape index (κ3) is 6.41. The van der Waals surface area contributed by atoms with Crippen LogP contribution in [0.25, 0.3) is 5.57 Å². The molecule has 238 valence electrons. The normalized spacial score (nSPS) is 30.5. The van der Waals surface area contributed by atoms with E-state index in [1.54, 1.807) is 28.2 Å². The summed E-state index contributed by atoms with van der Waals surface area (Å²) in [5, 5.41) is 0. The Morgan fingerprint density at radius 3 is 2.07 bits per heavy atom. The molecule has 0 spiro atoms. The van der Waals surface area contributed by atoms with Gasteiger partial charge in [0, 0.05) is 5.41 Å². The van der Waals surface area contributed by atoms with E-state index < -0.39 is 0 Å². The molecule has 3 aromatic rings. The van der Waals surface area contributed by atoms with Crippen LogP contribution in [-0.4, -0.2) is 3.71 Å². The summed E-state index contributed by atoms with van der Waals surface area (Å²) in [5.74, 6) is 4.93. The van der Waals surface area contributed by atoms with Crippen molar-refractivity contribution in [3.8, 4) is 0 Å². The van der Waals surface area contributed by atoms with Crippen molar-refractivity contribution in [2.24, 2.45) is 40.4 Å². The fourth-order valence-corrected chi connectivity index (χ4v) is 9.47. The van der Waals surface area contributed by atoms with E-state index in [0.717, 1.165) is 12.8 Å². The molecule has 0 aliphatic heterocycles. The maximum Gasteiger partial charge on any atom is -0.172 e. The van der Waals surface area contributed by atoms with Crippen LogP contribution in [-0.2, 0) is 37.1 Å². The van der Waals surface area contributed by atoms with Gasteiger partial charge in [-0.15, -0.1) is 6.92 Å². The molecule has 4 aliphatic carbocycles. The van der Waals surface area contributed by atoms with Gasteiger partial charge in [0.1, 0.15) is 0 Å². The van der Waals surface area contributed by atoms with Crippen LogP contribution in [0.15, 0.2) is 114 Å². The van der Waals surface area contributed by atoms with Crippen molar-refractivity contribution in [2.75, 3.05) is 0 Å². The Bertz CT molecular complexity index is 1500. The minimum absolute atomic E-state index is 0. The Hall–Kier alpha value is -1.79. The van der Waals surface area contributed by atoms with Gasteiger partial charge in [0.15, 0.2) is 0 Å². The number of allylic oxidation sites excluding steroid dienone is 6. The van der Waals surface area contributed by atoms with Crippen molar-refractivity contribution in [3.05, 3.63) is 136 Å². The molecule has 3 heteroatoms. The number of rotatable bonds is 2. The first kappa shape index (κ1) is 37.7. The number of hydrogen-bond donors (Lipinski definition) is 0. The SMILES string of the molecule is C[C-]1C2=C3Cc4ccccc4C3=C3C=CC(C)C(C)C3(C)C2(C)C(C)C(C)C1C.[Cl-].[Cl-].[Zr+2]=[CH]Cc1ccccc1.c1cc[cH-]c1. The zero-order chi connectivity index (χ0) is 30.9. The van der Waals surface area contributed by atoms with E-state index >= 15 is 0 Å². The first-order chi connectivity index (χ1) is 20.6. The molecule has 4 aliphatic rings.